The summed E-state index contributed by atoms with van der Waals surface area (Å²) < 4.78 is 15.6. The summed E-state index contributed by atoms with van der Waals surface area (Å²) in [5.41, 5.74) is 4.23. The lowest BCUT2D eigenvalue weighted by Crippen LogP contribution is -2.24. The molecule has 0 atom stereocenters. The third kappa shape index (κ3) is 7.80. The van der Waals surface area contributed by atoms with Gasteiger partial charge in [-0.05, 0) is 72.2 Å². The maximum atomic E-state index is 12.0. The van der Waals surface area contributed by atoms with Crippen molar-refractivity contribution in [1.82, 2.24) is 5.43 Å². The summed E-state index contributed by atoms with van der Waals surface area (Å²) in [5.74, 6) is -0.0641. The van der Waals surface area contributed by atoms with Crippen LogP contribution >= 0.6 is 0 Å². The Morgan fingerprint density at radius 1 is 1.00 bits per heavy atom. The van der Waals surface area contributed by atoms with Gasteiger partial charge in [-0.1, -0.05) is 18.2 Å². The third-order valence-electron chi connectivity index (χ3n) is 4.70. The Morgan fingerprint density at radius 3 is 2.33 bits per heavy atom. The van der Waals surface area contributed by atoms with Crippen molar-refractivity contribution in [3.8, 4) is 17.2 Å². The van der Waals surface area contributed by atoms with Crippen LogP contribution in [0, 0.1) is 17.0 Å². The average molecular weight is 489 g/mol. The number of rotatable bonds is 10. The molecule has 10 heteroatoms. The van der Waals surface area contributed by atoms with Gasteiger partial charge in [0.1, 0.15) is 11.5 Å². The third-order valence-corrected chi connectivity index (χ3v) is 4.70. The zero-order valence-electron chi connectivity index (χ0n) is 19.5. The number of amides is 1. The first-order chi connectivity index (χ1) is 17.3. The van der Waals surface area contributed by atoms with Crippen LogP contribution in [0.4, 0.5) is 5.69 Å². The van der Waals surface area contributed by atoms with Gasteiger partial charge in [0.2, 0.25) is 0 Å². The van der Waals surface area contributed by atoms with Gasteiger partial charge >= 0.3 is 11.7 Å². The molecule has 1 N–H and O–H groups in total. The van der Waals surface area contributed by atoms with Crippen molar-refractivity contribution in [2.75, 3.05) is 13.7 Å². The van der Waals surface area contributed by atoms with Gasteiger partial charge in [-0.15, -0.1) is 0 Å². The molecule has 0 aliphatic carbocycles. The summed E-state index contributed by atoms with van der Waals surface area (Å²) in [4.78, 5) is 34.5. The molecule has 0 unspecified atom stereocenters. The van der Waals surface area contributed by atoms with Gasteiger partial charge < -0.3 is 14.2 Å². The van der Waals surface area contributed by atoms with Crippen LogP contribution in [0.3, 0.4) is 0 Å². The van der Waals surface area contributed by atoms with E-state index in [0.717, 1.165) is 11.3 Å². The predicted molar refractivity (Wildman–Crippen MR) is 133 cm³/mol. The van der Waals surface area contributed by atoms with Crippen LogP contribution in [-0.4, -0.2) is 36.7 Å². The normalized spacial score (nSPS) is 10.8. The fraction of sp³-hybridized carbons (Fsp3) is 0.115. The first-order valence-corrected chi connectivity index (χ1v) is 10.7. The number of ether oxygens (including phenoxy) is 3. The van der Waals surface area contributed by atoms with Gasteiger partial charge in [0.05, 0.1) is 18.2 Å². The predicted octanol–water partition coefficient (Wildman–Crippen LogP) is 4.06. The smallest absolute Gasteiger partial charge is 0.336 e. The maximum absolute atomic E-state index is 12.0. The first-order valence-electron chi connectivity index (χ1n) is 10.7. The minimum absolute atomic E-state index is 0.00582. The number of methoxy groups -OCH3 is 1. The number of benzene rings is 3. The molecule has 0 aliphatic heterocycles. The van der Waals surface area contributed by atoms with Crippen molar-refractivity contribution in [1.29, 1.82) is 0 Å². The van der Waals surface area contributed by atoms with E-state index >= 15 is 0 Å². The van der Waals surface area contributed by atoms with E-state index in [-0.39, 0.29) is 11.4 Å². The largest absolute Gasteiger partial charge is 0.497 e. The van der Waals surface area contributed by atoms with E-state index in [1.54, 1.807) is 62.6 Å². The fourth-order valence-corrected chi connectivity index (χ4v) is 2.90. The molecule has 0 saturated carbocycles. The summed E-state index contributed by atoms with van der Waals surface area (Å²) >= 11 is 0. The Labute approximate surface area is 207 Å². The van der Waals surface area contributed by atoms with Gasteiger partial charge in [0.25, 0.3) is 5.91 Å². The molecule has 0 aliphatic rings. The van der Waals surface area contributed by atoms with Crippen molar-refractivity contribution in [2.24, 2.45) is 5.10 Å². The van der Waals surface area contributed by atoms with Crippen molar-refractivity contribution in [3.05, 3.63) is 99.6 Å². The average Bonchev–Trinajstić information content (AvgIpc) is 2.88. The molecule has 0 saturated heterocycles. The molecule has 3 rings (SSSR count). The number of hydrazone groups is 1. The number of aryl methyl sites for hydroxylation is 1. The second-order valence-electron chi connectivity index (χ2n) is 7.41. The van der Waals surface area contributed by atoms with Crippen LogP contribution in [0.15, 0.2) is 77.9 Å². The van der Waals surface area contributed by atoms with Gasteiger partial charge in [0, 0.05) is 12.1 Å². The molecule has 0 bridgehead atoms. The lowest BCUT2D eigenvalue weighted by Gasteiger charge is -2.06. The fourth-order valence-electron chi connectivity index (χ4n) is 2.90. The Balaban J connectivity index is 1.45. The molecule has 0 heterocycles. The van der Waals surface area contributed by atoms with E-state index in [0.29, 0.717) is 16.9 Å². The van der Waals surface area contributed by atoms with Crippen LogP contribution in [0.25, 0.3) is 6.08 Å². The molecule has 184 valence electrons. The Hall–Kier alpha value is -4.99. The summed E-state index contributed by atoms with van der Waals surface area (Å²) in [5, 5.41) is 14.9. The number of esters is 1. The highest BCUT2D eigenvalue weighted by Gasteiger charge is 2.16. The van der Waals surface area contributed by atoms with Crippen molar-refractivity contribution >= 4 is 29.9 Å². The minimum Gasteiger partial charge on any atom is -0.497 e. The quantitative estimate of drug-likeness (QED) is 0.114. The number of carbonyl (C=O) groups is 2. The standard InChI is InChI=1S/C26H23N3O7/c1-18-3-13-24(23(15-18)29(32)33)35-17-25(30)28-27-16-20-6-11-22(12-7-20)36-26(31)14-8-19-4-9-21(34-2)10-5-19/h3-16H,17H2,1-2H3,(H,28,30)/b14-8+,27-16+. The summed E-state index contributed by atoms with van der Waals surface area (Å²) in [7, 11) is 1.58. The SMILES string of the molecule is COc1ccc(/C=C/C(=O)Oc2ccc(/C=N/NC(=O)COc3ccc(C)cc3[N+](=O)[O-])cc2)cc1. The minimum atomic E-state index is -0.588. The second kappa shape index (κ2) is 12.5. The highest BCUT2D eigenvalue weighted by molar-refractivity contribution is 5.89. The number of carbonyl (C=O) groups excluding carboxylic acids is 2. The van der Waals surface area contributed by atoms with Crippen molar-refractivity contribution in [2.45, 2.75) is 6.92 Å². The van der Waals surface area contributed by atoms with E-state index in [4.69, 9.17) is 14.2 Å². The molecule has 0 aromatic heterocycles. The van der Waals surface area contributed by atoms with E-state index in [9.17, 15) is 19.7 Å². The van der Waals surface area contributed by atoms with Crippen LogP contribution < -0.4 is 19.6 Å². The van der Waals surface area contributed by atoms with Crippen molar-refractivity contribution < 1.29 is 28.7 Å². The molecule has 0 fully saturated rings. The van der Waals surface area contributed by atoms with Crippen LogP contribution in [0.5, 0.6) is 17.2 Å². The molecule has 3 aromatic carbocycles. The molecule has 0 radical (unpaired) electrons. The van der Waals surface area contributed by atoms with E-state index < -0.39 is 23.4 Å². The van der Waals surface area contributed by atoms with Gasteiger partial charge in [0.15, 0.2) is 12.4 Å². The molecule has 1 amide bonds. The number of nitrogens with zero attached hydrogens (tertiary/aromatic N) is 2. The van der Waals surface area contributed by atoms with E-state index in [1.165, 1.54) is 24.4 Å². The van der Waals surface area contributed by atoms with Gasteiger partial charge in [-0.3, -0.25) is 14.9 Å². The topological polar surface area (TPSA) is 129 Å². The van der Waals surface area contributed by atoms with Gasteiger partial charge in [-0.2, -0.15) is 5.10 Å². The van der Waals surface area contributed by atoms with Crippen LogP contribution in [-0.2, 0) is 9.59 Å². The first kappa shape index (κ1) is 25.6. The summed E-state index contributed by atoms with van der Waals surface area (Å²) in [6, 6.07) is 18.1. The zero-order valence-corrected chi connectivity index (χ0v) is 19.5. The molecule has 36 heavy (non-hydrogen) atoms. The van der Waals surface area contributed by atoms with Gasteiger partial charge in [-0.25, -0.2) is 10.2 Å². The highest BCUT2D eigenvalue weighted by atomic mass is 16.6. The summed E-state index contributed by atoms with van der Waals surface area (Å²) in [6.45, 7) is 1.27. The van der Waals surface area contributed by atoms with Crippen molar-refractivity contribution in [3.63, 3.8) is 0 Å². The number of hydrogen-bond donors (Lipinski definition) is 1. The lowest BCUT2D eigenvalue weighted by atomic mass is 10.2. The molecule has 10 nitrogen and oxygen atoms in total. The molecule has 3 aromatic rings. The molecular formula is C26H23N3O7. The molecule has 0 spiro atoms. The summed E-state index contributed by atoms with van der Waals surface area (Å²) in [6.07, 6.45) is 4.34. The Bertz CT molecular complexity index is 1280. The second-order valence-corrected chi connectivity index (χ2v) is 7.41. The Morgan fingerprint density at radius 2 is 1.67 bits per heavy atom. The Kier molecular flexibility index (Phi) is 8.88. The number of nitrogens with one attached hydrogen (secondary N) is 1. The lowest BCUT2D eigenvalue weighted by molar-refractivity contribution is -0.385. The number of nitro benzene ring substituents is 1. The molecular weight excluding hydrogens is 466 g/mol. The number of hydrogen-bond acceptors (Lipinski definition) is 8. The van der Waals surface area contributed by atoms with E-state index in [2.05, 4.69) is 10.5 Å². The van der Waals surface area contributed by atoms with Crippen LogP contribution in [0.1, 0.15) is 16.7 Å². The van der Waals surface area contributed by atoms with Crippen LogP contribution in [0.2, 0.25) is 0 Å². The number of nitro groups is 1. The monoisotopic (exact) mass is 489 g/mol. The maximum Gasteiger partial charge on any atom is 0.336 e. The zero-order chi connectivity index (χ0) is 25.9. The highest BCUT2D eigenvalue weighted by Crippen LogP contribution is 2.27. The van der Waals surface area contributed by atoms with E-state index in [1.807, 2.05) is 12.1 Å².